The number of benzene rings is 1. The van der Waals surface area contributed by atoms with Crippen LogP contribution in [0.15, 0.2) is 24.3 Å². The van der Waals surface area contributed by atoms with Gasteiger partial charge in [-0.2, -0.15) is 5.26 Å². The maximum atomic E-state index is 11.9. The smallest absolute Gasteiger partial charge is 0.338 e. The van der Waals surface area contributed by atoms with Gasteiger partial charge >= 0.3 is 5.97 Å². The Kier molecular flexibility index (Phi) is 3.99. The van der Waals surface area contributed by atoms with E-state index >= 15 is 0 Å². The normalized spacial score (nSPS) is 17.1. The Morgan fingerprint density at radius 1 is 1.33 bits per heavy atom. The molecule has 3 heteroatoms. The highest BCUT2D eigenvalue weighted by molar-refractivity contribution is 5.89. The molecule has 0 spiro atoms. The van der Waals surface area contributed by atoms with Crippen molar-refractivity contribution in [2.24, 2.45) is 5.92 Å². The molecule has 0 aromatic heterocycles. The summed E-state index contributed by atoms with van der Waals surface area (Å²) in [7, 11) is 0. The first-order valence-corrected chi connectivity index (χ1v) is 6.42. The molecule has 1 atom stereocenters. The van der Waals surface area contributed by atoms with Crippen molar-refractivity contribution in [3.8, 4) is 6.07 Å². The van der Waals surface area contributed by atoms with Crippen LogP contribution in [0.4, 0.5) is 0 Å². The van der Waals surface area contributed by atoms with E-state index in [9.17, 15) is 4.79 Å². The lowest BCUT2D eigenvalue weighted by molar-refractivity contribution is 0.0204. The molecule has 0 radical (unpaired) electrons. The summed E-state index contributed by atoms with van der Waals surface area (Å²) in [6.07, 6.45) is 4.77. The molecule has 18 heavy (non-hydrogen) atoms. The highest BCUT2D eigenvalue weighted by atomic mass is 16.5. The molecule has 0 N–H and O–H groups in total. The van der Waals surface area contributed by atoms with Crippen molar-refractivity contribution in [1.82, 2.24) is 0 Å². The van der Waals surface area contributed by atoms with Crippen molar-refractivity contribution in [3.63, 3.8) is 0 Å². The minimum atomic E-state index is -0.293. The largest absolute Gasteiger partial charge is 0.459 e. The number of nitriles is 1. The summed E-state index contributed by atoms with van der Waals surface area (Å²) >= 11 is 0. The van der Waals surface area contributed by atoms with E-state index in [1.807, 2.05) is 13.0 Å². The Morgan fingerprint density at radius 3 is 2.50 bits per heavy atom. The molecule has 0 aliphatic heterocycles. The predicted molar refractivity (Wildman–Crippen MR) is 68.0 cm³/mol. The molecule has 0 heterocycles. The van der Waals surface area contributed by atoms with Crippen LogP contribution in [-0.2, 0) is 4.74 Å². The molecule has 1 unspecified atom stereocenters. The first-order chi connectivity index (χ1) is 8.70. The third kappa shape index (κ3) is 2.89. The maximum Gasteiger partial charge on any atom is 0.338 e. The van der Waals surface area contributed by atoms with Gasteiger partial charge in [-0.1, -0.05) is 12.8 Å². The second kappa shape index (κ2) is 5.68. The van der Waals surface area contributed by atoms with Crippen molar-refractivity contribution in [2.75, 3.05) is 0 Å². The summed E-state index contributed by atoms with van der Waals surface area (Å²) < 4.78 is 5.47. The van der Waals surface area contributed by atoms with Gasteiger partial charge in [0.2, 0.25) is 0 Å². The van der Waals surface area contributed by atoms with E-state index in [0.717, 1.165) is 12.8 Å². The SMILES string of the molecule is CC(OC(=O)c1ccc(C#N)cc1)C1CCCC1. The minimum absolute atomic E-state index is 0.0179. The Morgan fingerprint density at radius 2 is 1.94 bits per heavy atom. The Labute approximate surface area is 107 Å². The molecular weight excluding hydrogens is 226 g/mol. The van der Waals surface area contributed by atoms with Crippen molar-refractivity contribution in [1.29, 1.82) is 5.26 Å². The van der Waals surface area contributed by atoms with Gasteiger partial charge in [0.1, 0.15) is 6.10 Å². The van der Waals surface area contributed by atoms with Crippen LogP contribution < -0.4 is 0 Å². The lowest BCUT2D eigenvalue weighted by Crippen LogP contribution is -2.22. The summed E-state index contributed by atoms with van der Waals surface area (Å²) in [5, 5.41) is 8.69. The molecule has 1 aliphatic carbocycles. The summed E-state index contributed by atoms with van der Waals surface area (Å²) in [4.78, 5) is 11.9. The minimum Gasteiger partial charge on any atom is -0.459 e. The average Bonchev–Trinajstić information content (AvgIpc) is 2.92. The number of hydrogen-bond donors (Lipinski definition) is 0. The first kappa shape index (κ1) is 12.6. The monoisotopic (exact) mass is 243 g/mol. The van der Waals surface area contributed by atoms with Crippen LogP contribution in [0.2, 0.25) is 0 Å². The van der Waals surface area contributed by atoms with Crippen molar-refractivity contribution >= 4 is 5.97 Å². The summed E-state index contributed by atoms with van der Waals surface area (Å²) in [6, 6.07) is 8.58. The van der Waals surface area contributed by atoms with Crippen molar-refractivity contribution in [2.45, 2.75) is 38.7 Å². The molecular formula is C15H17NO2. The molecule has 2 rings (SSSR count). The standard InChI is InChI=1S/C15H17NO2/c1-11(13-4-2-3-5-13)18-15(17)14-8-6-12(10-16)7-9-14/h6-9,11,13H,2-5H2,1H3. The zero-order valence-electron chi connectivity index (χ0n) is 10.6. The van der Waals surface area contributed by atoms with E-state index in [0.29, 0.717) is 17.0 Å². The van der Waals surface area contributed by atoms with Gasteiger partial charge in [0.05, 0.1) is 17.2 Å². The maximum absolute atomic E-state index is 11.9. The number of hydrogen-bond acceptors (Lipinski definition) is 3. The molecule has 0 saturated heterocycles. The third-order valence-electron chi connectivity index (χ3n) is 3.61. The highest BCUT2D eigenvalue weighted by Crippen LogP contribution is 2.29. The molecule has 0 bridgehead atoms. The Balaban J connectivity index is 1.96. The lowest BCUT2D eigenvalue weighted by atomic mass is 10.0. The molecule has 94 valence electrons. The number of carbonyl (C=O) groups is 1. The number of carbonyl (C=O) groups excluding carboxylic acids is 1. The Hall–Kier alpha value is -1.82. The zero-order valence-corrected chi connectivity index (χ0v) is 10.6. The van der Waals surface area contributed by atoms with Gasteiger partial charge in [-0.25, -0.2) is 4.79 Å². The predicted octanol–water partition coefficient (Wildman–Crippen LogP) is 3.29. The molecule has 1 aliphatic rings. The fourth-order valence-corrected chi connectivity index (χ4v) is 2.44. The van der Waals surface area contributed by atoms with Crippen LogP contribution >= 0.6 is 0 Å². The highest BCUT2D eigenvalue weighted by Gasteiger charge is 2.24. The summed E-state index contributed by atoms with van der Waals surface area (Å²) in [6.45, 7) is 1.97. The Bertz CT molecular complexity index is 452. The van der Waals surface area contributed by atoms with Gasteiger partial charge in [0.15, 0.2) is 0 Å². The van der Waals surface area contributed by atoms with E-state index in [4.69, 9.17) is 10.00 Å². The molecule has 1 aromatic rings. The topological polar surface area (TPSA) is 50.1 Å². The van der Waals surface area contributed by atoms with Crippen LogP contribution in [0.3, 0.4) is 0 Å². The van der Waals surface area contributed by atoms with E-state index < -0.39 is 0 Å². The summed E-state index contributed by atoms with van der Waals surface area (Å²) in [5.74, 6) is 0.214. The molecule has 1 saturated carbocycles. The number of ether oxygens (including phenoxy) is 1. The second-order valence-electron chi connectivity index (χ2n) is 4.84. The zero-order chi connectivity index (χ0) is 13.0. The fraction of sp³-hybridized carbons (Fsp3) is 0.467. The molecule has 3 nitrogen and oxygen atoms in total. The van der Waals surface area contributed by atoms with Crippen LogP contribution in [0.1, 0.15) is 48.5 Å². The lowest BCUT2D eigenvalue weighted by Gasteiger charge is -2.19. The summed E-state index contributed by atoms with van der Waals surface area (Å²) in [5.41, 5.74) is 1.06. The quantitative estimate of drug-likeness (QED) is 0.765. The number of rotatable bonds is 3. The van der Waals surface area contributed by atoms with Gasteiger partial charge in [0, 0.05) is 0 Å². The third-order valence-corrected chi connectivity index (χ3v) is 3.61. The molecule has 0 amide bonds. The van der Waals surface area contributed by atoms with Crippen LogP contribution in [0.5, 0.6) is 0 Å². The fourth-order valence-electron chi connectivity index (χ4n) is 2.44. The molecule has 1 aromatic carbocycles. The number of esters is 1. The van der Waals surface area contributed by atoms with E-state index in [1.54, 1.807) is 24.3 Å². The van der Waals surface area contributed by atoms with Crippen molar-refractivity contribution < 1.29 is 9.53 Å². The number of nitrogens with zero attached hydrogens (tertiary/aromatic N) is 1. The van der Waals surface area contributed by atoms with E-state index in [2.05, 4.69) is 0 Å². The van der Waals surface area contributed by atoms with Gasteiger partial charge in [-0.15, -0.1) is 0 Å². The van der Waals surface area contributed by atoms with E-state index in [-0.39, 0.29) is 12.1 Å². The van der Waals surface area contributed by atoms with Gasteiger partial charge in [-0.3, -0.25) is 0 Å². The van der Waals surface area contributed by atoms with E-state index in [1.165, 1.54) is 12.8 Å². The first-order valence-electron chi connectivity index (χ1n) is 6.42. The second-order valence-corrected chi connectivity index (χ2v) is 4.84. The average molecular weight is 243 g/mol. The van der Waals surface area contributed by atoms with Gasteiger partial charge in [-0.05, 0) is 49.9 Å². The molecule has 1 fully saturated rings. The van der Waals surface area contributed by atoms with Crippen LogP contribution in [0.25, 0.3) is 0 Å². The van der Waals surface area contributed by atoms with Gasteiger partial charge in [0.25, 0.3) is 0 Å². The van der Waals surface area contributed by atoms with Crippen LogP contribution in [0, 0.1) is 17.2 Å². The van der Waals surface area contributed by atoms with Gasteiger partial charge < -0.3 is 4.74 Å². The van der Waals surface area contributed by atoms with Crippen LogP contribution in [-0.4, -0.2) is 12.1 Å². The van der Waals surface area contributed by atoms with Crippen molar-refractivity contribution in [3.05, 3.63) is 35.4 Å².